The van der Waals surface area contributed by atoms with Crippen LogP contribution in [0.15, 0.2) is 22.7 Å². The highest BCUT2D eigenvalue weighted by Gasteiger charge is 2.39. The van der Waals surface area contributed by atoms with Crippen molar-refractivity contribution in [1.29, 1.82) is 0 Å². The summed E-state index contributed by atoms with van der Waals surface area (Å²) in [4.78, 5) is 36.0. The molecule has 0 bridgehead atoms. The van der Waals surface area contributed by atoms with Crippen LogP contribution >= 0.6 is 15.9 Å². The summed E-state index contributed by atoms with van der Waals surface area (Å²) < 4.78 is 0.872. The average Bonchev–Trinajstić information content (AvgIpc) is 2.66. The third-order valence-electron chi connectivity index (χ3n) is 3.35. The van der Waals surface area contributed by atoms with Gasteiger partial charge in [-0.3, -0.25) is 14.4 Å². The fourth-order valence-corrected chi connectivity index (χ4v) is 2.85. The zero-order chi connectivity index (χ0) is 13.6. The zero-order valence-electron chi connectivity index (χ0n) is 10.1. The number of carbonyl (C=O) groups excluding carboxylic acids is 3. The van der Waals surface area contributed by atoms with E-state index in [9.17, 15) is 14.4 Å². The first-order chi connectivity index (χ1) is 9.08. The lowest BCUT2D eigenvalue weighted by atomic mass is 10.1. The van der Waals surface area contributed by atoms with Crippen molar-refractivity contribution >= 4 is 33.7 Å². The van der Waals surface area contributed by atoms with Crippen LogP contribution in [-0.2, 0) is 16.1 Å². The van der Waals surface area contributed by atoms with E-state index in [1.165, 1.54) is 5.01 Å². The van der Waals surface area contributed by atoms with Gasteiger partial charge in [0.2, 0.25) is 11.8 Å². The standard InChI is InChI=1S/C13H11BrN2O3/c14-9-4-5-10-8(6-9)7-15(13(10)19)16-11(17)2-1-3-12(16)18/h4-6H,1-3,7H2. The predicted octanol–water partition coefficient (Wildman–Crippen LogP) is 1.86. The molecule has 0 saturated carbocycles. The van der Waals surface area contributed by atoms with Gasteiger partial charge in [-0.1, -0.05) is 15.9 Å². The van der Waals surface area contributed by atoms with Gasteiger partial charge in [-0.2, -0.15) is 5.01 Å². The first-order valence-electron chi connectivity index (χ1n) is 6.04. The number of imide groups is 1. The number of halogens is 1. The predicted molar refractivity (Wildman–Crippen MR) is 69.7 cm³/mol. The molecule has 1 aromatic rings. The number of amides is 3. The molecule has 3 amide bonds. The third-order valence-corrected chi connectivity index (χ3v) is 3.84. The largest absolute Gasteiger partial charge is 0.273 e. The van der Waals surface area contributed by atoms with Gasteiger partial charge in [0, 0.05) is 22.9 Å². The molecule has 98 valence electrons. The molecule has 0 N–H and O–H groups in total. The van der Waals surface area contributed by atoms with Crippen LogP contribution in [0.2, 0.25) is 0 Å². The Morgan fingerprint density at radius 2 is 1.74 bits per heavy atom. The van der Waals surface area contributed by atoms with E-state index in [2.05, 4.69) is 15.9 Å². The first kappa shape index (κ1) is 12.3. The highest BCUT2D eigenvalue weighted by molar-refractivity contribution is 9.10. The van der Waals surface area contributed by atoms with E-state index in [0.717, 1.165) is 15.0 Å². The number of rotatable bonds is 1. The molecule has 0 aliphatic carbocycles. The molecule has 1 fully saturated rings. The summed E-state index contributed by atoms with van der Waals surface area (Å²) in [6.45, 7) is 0.269. The van der Waals surface area contributed by atoms with Crippen molar-refractivity contribution in [2.75, 3.05) is 0 Å². The Kier molecular flexibility index (Phi) is 2.89. The number of nitrogens with zero attached hydrogens (tertiary/aromatic N) is 2. The van der Waals surface area contributed by atoms with E-state index in [-0.39, 0.29) is 24.3 Å². The lowest BCUT2D eigenvalue weighted by Crippen LogP contribution is -2.51. The molecule has 0 spiro atoms. The Morgan fingerprint density at radius 3 is 2.42 bits per heavy atom. The van der Waals surface area contributed by atoms with Gasteiger partial charge in [0.05, 0.1) is 6.54 Å². The second kappa shape index (κ2) is 4.45. The summed E-state index contributed by atoms with van der Waals surface area (Å²) in [6, 6.07) is 5.33. The van der Waals surface area contributed by atoms with Crippen LogP contribution in [0.1, 0.15) is 35.2 Å². The quantitative estimate of drug-likeness (QED) is 0.741. The molecule has 0 atom stereocenters. The van der Waals surface area contributed by atoms with Crippen molar-refractivity contribution in [3.8, 4) is 0 Å². The van der Waals surface area contributed by atoms with Crippen LogP contribution in [-0.4, -0.2) is 27.7 Å². The molecule has 0 unspecified atom stereocenters. The van der Waals surface area contributed by atoms with E-state index in [1.54, 1.807) is 12.1 Å². The molecule has 5 nitrogen and oxygen atoms in total. The summed E-state index contributed by atoms with van der Waals surface area (Å²) in [5.74, 6) is -0.876. The fraction of sp³-hybridized carbons (Fsp3) is 0.308. The lowest BCUT2D eigenvalue weighted by molar-refractivity contribution is -0.163. The molecule has 0 aromatic heterocycles. The first-order valence-corrected chi connectivity index (χ1v) is 6.83. The SMILES string of the molecule is O=C1c2ccc(Br)cc2CN1N1C(=O)CCCC1=O. The Hall–Kier alpha value is -1.69. The summed E-state index contributed by atoms with van der Waals surface area (Å²) in [5, 5.41) is 2.26. The van der Waals surface area contributed by atoms with Gasteiger partial charge >= 0.3 is 0 Å². The van der Waals surface area contributed by atoms with E-state index >= 15 is 0 Å². The third kappa shape index (κ3) is 1.96. The summed E-state index contributed by atoms with van der Waals surface area (Å²) >= 11 is 3.35. The average molecular weight is 323 g/mol. The maximum atomic E-state index is 12.3. The second-order valence-corrected chi connectivity index (χ2v) is 5.53. The minimum absolute atomic E-state index is 0.269. The second-order valence-electron chi connectivity index (χ2n) is 4.62. The Labute approximate surface area is 118 Å². The lowest BCUT2D eigenvalue weighted by Gasteiger charge is -2.32. The molecule has 2 heterocycles. The highest BCUT2D eigenvalue weighted by atomic mass is 79.9. The molecule has 19 heavy (non-hydrogen) atoms. The Balaban J connectivity index is 1.95. The van der Waals surface area contributed by atoms with E-state index in [4.69, 9.17) is 0 Å². The van der Waals surface area contributed by atoms with Gasteiger partial charge in [0.15, 0.2) is 0 Å². The molecule has 2 aliphatic heterocycles. The van der Waals surface area contributed by atoms with Gasteiger partial charge in [-0.05, 0) is 30.2 Å². The van der Waals surface area contributed by atoms with Gasteiger partial charge in [-0.15, -0.1) is 0 Å². The van der Waals surface area contributed by atoms with Crippen molar-refractivity contribution < 1.29 is 14.4 Å². The molecule has 6 heteroatoms. The van der Waals surface area contributed by atoms with Crippen molar-refractivity contribution in [2.24, 2.45) is 0 Å². The number of benzene rings is 1. The number of fused-ring (bicyclic) bond motifs is 1. The van der Waals surface area contributed by atoms with E-state index < -0.39 is 0 Å². The fourth-order valence-electron chi connectivity index (χ4n) is 2.45. The molecular weight excluding hydrogens is 312 g/mol. The Bertz CT molecular complexity index is 584. The van der Waals surface area contributed by atoms with Crippen LogP contribution in [0.4, 0.5) is 0 Å². The summed E-state index contributed by atoms with van der Waals surface area (Å²) in [7, 11) is 0. The van der Waals surface area contributed by atoms with Crippen molar-refractivity contribution in [2.45, 2.75) is 25.8 Å². The van der Waals surface area contributed by atoms with Crippen LogP contribution in [0.3, 0.4) is 0 Å². The number of hydrazine groups is 1. The minimum Gasteiger partial charge on any atom is -0.273 e. The van der Waals surface area contributed by atoms with Gasteiger partial charge < -0.3 is 0 Å². The van der Waals surface area contributed by atoms with Gasteiger partial charge in [0.25, 0.3) is 5.91 Å². The van der Waals surface area contributed by atoms with Gasteiger partial charge in [0.1, 0.15) is 0 Å². The number of hydrogen-bond acceptors (Lipinski definition) is 3. The topological polar surface area (TPSA) is 57.7 Å². The monoisotopic (exact) mass is 322 g/mol. The smallest absolute Gasteiger partial charge is 0.273 e. The Morgan fingerprint density at radius 1 is 1.05 bits per heavy atom. The summed E-state index contributed by atoms with van der Waals surface area (Å²) in [6.07, 6.45) is 1.19. The maximum absolute atomic E-state index is 12.3. The highest BCUT2D eigenvalue weighted by Crippen LogP contribution is 2.29. The molecule has 2 aliphatic rings. The number of carbonyl (C=O) groups is 3. The van der Waals surface area contributed by atoms with E-state index in [1.807, 2.05) is 6.07 Å². The molecule has 1 aromatic carbocycles. The van der Waals surface area contributed by atoms with Crippen LogP contribution in [0.5, 0.6) is 0 Å². The van der Waals surface area contributed by atoms with Crippen LogP contribution in [0, 0.1) is 0 Å². The zero-order valence-corrected chi connectivity index (χ0v) is 11.6. The maximum Gasteiger partial charge on any atom is 0.273 e. The van der Waals surface area contributed by atoms with Crippen LogP contribution in [0.25, 0.3) is 0 Å². The van der Waals surface area contributed by atoms with E-state index in [0.29, 0.717) is 24.8 Å². The molecule has 1 saturated heterocycles. The molecule has 0 radical (unpaired) electrons. The van der Waals surface area contributed by atoms with Crippen molar-refractivity contribution in [1.82, 2.24) is 10.0 Å². The number of hydrogen-bond donors (Lipinski definition) is 0. The normalized spacial score (nSPS) is 19.1. The van der Waals surface area contributed by atoms with Crippen molar-refractivity contribution in [3.05, 3.63) is 33.8 Å². The van der Waals surface area contributed by atoms with Crippen LogP contribution < -0.4 is 0 Å². The van der Waals surface area contributed by atoms with Gasteiger partial charge in [-0.25, -0.2) is 5.01 Å². The minimum atomic E-state index is -0.295. The summed E-state index contributed by atoms with van der Waals surface area (Å²) in [5.41, 5.74) is 1.37. The molecule has 3 rings (SSSR count). The number of piperidine rings is 1. The van der Waals surface area contributed by atoms with Crippen molar-refractivity contribution in [3.63, 3.8) is 0 Å². The molecular formula is C13H11BrN2O3.